The Morgan fingerprint density at radius 3 is 2.45 bits per heavy atom. The largest absolute Gasteiger partial charge is 0.207 e. The van der Waals surface area contributed by atoms with Crippen molar-refractivity contribution in [3.05, 3.63) is 35.4 Å². The van der Waals surface area contributed by atoms with Crippen molar-refractivity contribution in [3.8, 4) is 0 Å². The molecular weight excluding hydrogens is 261 g/mol. The van der Waals surface area contributed by atoms with E-state index in [1.54, 1.807) is 0 Å². The minimum atomic E-state index is -0.525. The van der Waals surface area contributed by atoms with Crippen molar-refractivity contribution in [2.75, 3.05) is 0 Å². The summed E-state index contributed by atoms with van der Waals surface area (Å²) in [6.07, 6.45) is 0. The van der Waals surface area contributed by atoms with Gasteiger partial charge < -0.3 is 0 Å². The van der Waals surface area contributed by atoms with E-state index in [0.29, 0.717) is 5.56 Å². The summed E-state index contributed by atoms with van der Waals surface area (Å²) in [6, 6.07) is 3.65. The molecule has 0 aromatic heterocycles. The van der Waals surface area contributed by atoms with Crippen molar-refractivity contribution < 1.29 is 8.78 Å². The minimum absolute atomic E-state index is 0.0770. The number of hydrogen-bond donors (Lipinski definition) is 0. The average Bonchev–Trinajstić information content (AvgIpc) is 1.85. The third-order valence-electron chi connectivity index (χ3n) is 1.39. The maximum Gasteiger partial charge on any atom is 0.130 e. The minimum Gasteiger partial charge on any atom is -0.207 e. The summed E-state index contributed by atoms with van der Waals surface area (Å²) >= 11 is 2.08. The summed E-state index contributed by atoms with van der Waals surface area (Å²) in [4.78, 5) is 0. The monoisotopic (exact) mass is 268 g/mol. The number of rotatable bonds is 1. The molecule has 3 heteroatoms. The lowest BCUT2D eigenvalue weighted by Gasteiger charge is -2.03. The summed E-state index contributed by atoms with van der Waals surface area (Å²) in [5.74, 6) is -0.991. The van der Waals surface area contributed by atoms with E-state index in [1.807, 2.05) is 6.92 Å². The highest BCUT2D eigenvalue weighted by atomic mass is 127. The summed E-state index contributed by atoms with van der Waals surface area (Å²) in [6.45, 7) is 1.86. The fraction of sp³-hybridized carbons (Fsp3) is 0.250. The molecule has 0 amide bonds. The second-order valence-electron chi connectivity index (χ2n) is 2.28. The number of halogens is 3. The Balaban J connectivity index is 3.09. The number of alkyl halides is 1. The lowest BCUT2D eigenvalue weighted by molar-refractivity contribution is 0.574. The zero-order chi connectivity index (χ0) is 8.43. The van der Waals surface area contributed by atoms with Crippen LogP contribution < -0.4 is 0 Å². The van der Waals surface area contributed by atoms with E-state index in [1.165, 1.54) is 12.1 Å². The van der Waals surface area contributed by atoms with Gasteiger partial charge in [0.15, 0.2) is 0 Å². The highest BCUT2D eigenvalue weighted by molar-refractivity contribution is 14.1. The lowest BCUT2D eigenvalue weighted by atomic mass is 10.1. The van der Waals surface area contributed by atoms with E-state index in [9.17, 15) is 8.78 Å². The topological polar surface area (TPSA) is 0 Å². The summed E-state index contributed by atoms with van der Waals surface area (Å²) in [7, 11) is 0. The molecule has 0 radical (unpaired) electrons. The van der Waals surface area contributed by atoms with Crippen molar-refractivity contribution >= 4 is 22.6 Å². The molecule has 0 saturated carbocycles. The smallest absolute Gasteiger partial charge is 0.130 e. The van der Waals surface area contributed by atoms with Gasteiger partial charge in [0.2, 0.25) is 0 Å². The summed E-state index contributed by atoms with van der Waals surface area (Å²) in [5, 5.41) is 0. The van der Waals surface area contributed by atoms with Crippen molar-refractivity contribution in [1.29, 1.82) is 0 Å². The highest BCUT2D eigenvalue weighted by Gasteiger charge is 2.07. The second kappa shape index (κ2) is 3.47. The van der Waals surface area contributed by atoms with Crippen LogP contribution in [-0.4, -0.2) is 0 Å². The molecule has 0 aliphatic rings. The van der Waals surface area contributed by atoms with Gasteiger partial charge in [0.05, 0.1) is 0 Å². The second-order valence-corrected chi connectivity index (χ2v) is 4.15. The van der Waals surface area contributed by atoms with Gasteiger partial charge in [0.25, 0.3) is 0 Å². The molecule has 1 unspecified atom stereocenters. The van der Waals surface area contributed by atoms with Gasteiger partial charge in [0.1, 0.15) is 11.6 Å². The molecule has 60 valence electrons. The van der Waals surface area contributed by atoms with Crippen LogP contribution in [0.1, 0.15) is 16.4 Å². The van der Waals surface area contributed by atoms with Gasteiger partial charge in [-0.2, -0.15) is 0 Å². The molecule has 0 N–H and O–H groups in total. The molecule has 0 spiro atoms. The molecule has 0 aliphatic heterocycles. The predicted octanol–water partition coefficient (Wildman–Crippen LogP) is 3.46. The van der Waals surface area contributed by atoms with Crippen LogP contribution in [0.3, 0.4) is 0 Å². The molecule has 0 fully saturated rings. The van der Waals surface area contributed by atoms with Crippen molar-refractivity contribution in [2.45, 2.75) is 10.8 Å². The van der Waals surface area contributed by atoms with E-state index < -0.39 is 11.6 Å². The Morgan fingerprint density at radius 1 is 1.36 bits per heavy atom. The van der Waals surface area contributed by atoms with Crippen LogP contribution in [0.4, 0.5) is 8.78 Å². The third-order valence-corrected chi connectivity index (χ3v) is 2.06. The Labute approximate surface area is 77.8 Å². The molecule has 1 rings (SSSR count). The fourth-order valence-electron chi connectivity index (χ4n) is 0.824. The maximum atomic E-state index is 12.9. The normalized spacial score (nSPS) is 13.1. The number of benzene rings is 1. The molecule has 11 heavy (non-hydrogen) atoms. The molecule has 0 aliphatic carbocycles. The van der Waals surface area contributed by atoms with Crippen LogP contribution in [0.25, 0.3) is 0 Å². The van der Waals surface area contributed by atoms with Crippen LogP contribution in [-0.2, 0) is 0 Å². The van der Waals surface area contributed by atoms with E-state index in [-0.39, 0.29) is 3.92 Å². The lowest BCUT2D eigenvalue weighted by Crippen LogP contribution is -1.90. The SMILES string of the molecule is CC(I)c1ccc(F)cc1F. The summed E-state index contributed by atoms with van der Waals surface area (Å²) < 4.78 is 25.3. The van der Waals surface area contributed by atoms with Crippen molar-refractivity contribution in [3.63, 3.8) is 0 Å². The first-order valence-electron chi connectivity index (χ1n) is 3.20. The van der Waals surface area contributed by atoms with Crippen LogP contribution in [0, 0.1) is 11.6 Å². The first-order valence-corrected chi connectivity index (χ1v) is 4.45. The standard InChI is InChI=1S/C8H7F2I/c1-5(11)7-3-2-6(9)4-8(7)10/h2-5H,1H3. The Kier molecular flexibility index (Phi) is 2.81. The van der Waals surface area contributed by atoms with Gasteiger partial charge in [-0.15, -0.1) is 0 Å². The first-order chi connectivity index (χ1) is 5.11. The van der Waals surface area contributed by atoms with Gasteiger partial charge in [-0.05, 0) is 13.0 Å². The van der Waals surface area contributed by atoms with E-state index in [2.05, 4.69) is 22.6 Å². The van der Waals surface area contributed by atoms with Crippen molar-refractivity contribution in [1.82, 2.24) is 0 Å². The molecule has 0 heterocycles. The zero-order valence-electron chi connectivity index (χ0n) is 5.94. The molecule has 0 bridgehead atoms. The van der Waals surface area contributed by atoms with Gasteiger partial charge in [0, 0.05) is 15.6 Å². The molecule has 0 nitrogen and oxygen atoms in total. The molecule has 1 atom stereocenters. The van der Waals surface area contributed by atoms with Gasteiger partial charge in [-0.25, -0.2) is 8.78 Å². The number of hydrogen-bond acceptors (Lipinski definition) is 0. The third kappa shape index (κ3) is 2.12. The molecule has 1 aromatic rings. The van der Waals surface area contributed by atoms with E-state index in [4.69, 9.17) is 0 Å². The predicted molar refractivity (Wildman–Crippen MR) is 48.8 cm³/mol. The fourth-order valence-corrected chi connectivity index (χ4v) is 1.33. The Hall–Kier alpha value is -0.190. The van der Waals surface area contributed by atoms with Crippen LogP contribution in [0.2, 0.25) is 0 Å². The van der Waals surface area contributed by atoms with Gasteiger partial charge >= 0.3 is 0 Å². The molecular formula is C8H7F2I. The van der Waals surface area contributed by atoms with Crippen molar-refractivity contribution in [2.24, 2.45) is 0 Å². The van der Waals surface area contributed by atoms with Crippen LogP contribution >= 0.6 is 22.6 Å². The van der Waals surface area contributed by atoms with Crippen LogP contribution in [0.5, 0.6) is 0 Å². The maximum absolute atomic E-state index is 12.9. The molecule has 1 aromatic carbocycles. The quantitative estimate of drug-likeness (QED) is 0.540. The van der Waals surface area contributed by atoms with Gasteiger partial charge in [-0.1, -0.05) is 28.7 Å². The Bertz CT molecular complexity index is 258. The van der Waals surface area contributed by atoms with Gasteiger partial charge in [-0.3, -0.25) is 0 Å². The van der Waals surface area contributed by atoms with Crippen LogP contribution in [0.15, 0.2) is 18.2 Å². The van der Waals surface area contributed by atoms with E-state index >= 15 is 0 Å². The zero-order valence-corrected chi connectivity index (χ0v) is 8.10. The van der Waals surface area contributed by atoms with E-state index in [0.717, 1.165) is 6.07 Å². The Morgan fingerprint density at radius 2 is 2.00 bits per heavy atom. The summed E-state index contributed by atoms with van der Waals surface area (Å²) in [5.41, 5.74) is 0.548. The molecule has 0 saturated heterocycles. The first kappa shape index (κ1) is 8.90. The highest BCUT2D eigenvalue weighted by Crippen LogP contribution is 2.24. The average molecular weight is 268 g/mol.